The fourth-order valence-corrected chi connectivity index (χ4v) is 10.3. The lowest BCUT2D eigenvalue weighted by Gasteiger charge is -2.26. The van der Waals surface area contributed by atoms with Crippen molar-refractivity contribution >= 4 is 81.1 Å². The molecule has 3 heteroatoms. The Morgan fingerprint density at radius 2 is 0.836 bits per heavy atom. The lowest BCUT2D eigenvalue weighted by atomic mass is 9.98. The van der Waals surface area contributed by atoms with Gasteiger partial charge in [-0.1, -0.05) is 152 Å². The van der Waals surface area contributed by atoms with Crippen molar-refractivity contribution in [1.82, 2.24) is 4.57 Å². The van der Waals surface area contributed by atoms with Crippen LogP contribution in [0.15, 0.2) is 231 Å². The van der Waals surface area contributed by atoms with Gasteiger partial charge in [0.15, 0.2) is 0 Å². The number of rotatable bonds is 7. The topological polar surface area (TPSA) is 8.17 Å². The maximum atomic E-state index is 2.46. The van der Waals surface area contributed by atoms with Crippen molar-refractivity contribution in [2.75, 3.05) is 4.90 Å². The first kappa shape index (κ1) is 35.2. The van der Waals surface area contributed by atoms with Gasteiger partial charge >= 0.3 is 0 Å². The second-order valence-electron chi connectivity index (χ2n) is 15.7. The predicted octanol–water partition coefficient (Wildman–Crippen LogP) is 16.8. The number of hydrogen-bond acceptors (Lipinski definition) is 2. The maximum absolute atomic E-state index is 2.46. The average molecular weight is 795 g/mol. The molecule has 2 nitrogen and oxygen atoms in total. The molecule has 0 amide bonds. The normalized spacial score (nSPS) is 11.6. The largest absolute Gasteiger partial charge is 0.311 e. The lowest BCUT2D eigenvalue weighted by molar-refractivity contribution is 1.19. The summed E-state index contributed by atoms with van der Waals surface area (Å²) in [6.45, 7) is 0. The van der Waals surface area contributed by atoms with Crippen molar-refractivity contribution < 1.29 is 0 Å². The first-order valence-electron chi connectivity index (χ1n) is 20.8. The molecule has 2 heterocycles. The van der Waals surface area contributed by atoms with E-state index in [1.165, 1.54) is 91.8 Å². The van der Waals surface area contributed by atoms with Crippen LogP contribution in [0.25, 0.3) is 91.8 Å². The standard InChI is InChI=1S/C58H38N2S/c1-4-12-39(13-5-1)41-24-30-48(31-25-41)59(46-14-6-2-7-15-46)49-32-26-42(27-33-49)40-20-22-43(23-21-40)44-29-35-55-53(36-44)51-34-28-45-37-57-54(50-18-10-11-19-56(50)61-57)38-52(45)58(51)60(55)47-16-8-3-9-17-47/h1-38H. The maximum Gasteiger partial charge on any atom is 0.0619 e. The highest BCUT2D eigenvalue weighted by Gasteiger charge is 2.18. The molecule has 0 aliphatic rings. The van der Waals surface area contributed by atoms with Crippen LogP contribution in [0.2, 0.25) is 0 Å². The van der Waals surface area contributed by atoms with E-state index >= 15 is 0 Å². The van der Waals surface area contributed by atoms with Crippen molar-refractivity contribution in [3.05, 3.63) is 231 Å². The molecule has 12 rings (SSSR count). The Morgan fingerprint density at radius 3 is 1.51 bits per heavy atom. The molecular weight excluding hydrogens is 757 g/mol. The number of nitrogens with zero attached hydrogens (tertiary/aromatic N) is 2. The van der Waals surface area contributed by atoms with E-state index in [9.17, 15) is 0 Å². The summed E-state index contributed by atoms with van der Waals surface area (Å²) in [6, 6.07) is 84.0. The van der Waals surface area contributed by atoms with E-state index in [0.717, 1.165) is 17.1 Å². The van der Waals surface area contributed by atoms with Crippen molar-refractivity contribution in [2.24, 2.45) is 0 Å². The Hall–Kier alpha value is -7.72. The SMILES string of the molecule is c1ccc(-c2ccc(N(c3ccccc3)c3ccc(-c4ccc(-c5ccc6c(c5)c5ccc7cc8sc9ccccc9c8cc7c5n6-c5ccccc5)cc4)cc3)cc2)cc1. The molecule has 12 aromatic rings. The molecule has 0 radical (unpaired) electrons. The first-order valence-corrected chi connectivity index (χ1v) is 21.6. The first-order chi connectivity index (χ1) is 30.2. The summed E-state index contributed by atoms with van der Waals surface area (Å²) in [6.07, 6.45) is 0. The second kappa shape index (κ2) is 14.5. The molecule has 2 aromatic heterocycles. The Morgan fingerprint density at radius 1 is 0.311 bits per heavy atom. The number of anilines is 3. The number of benzene rings is 10. The zero-order chi connectivity index (χ0) is 40.3. The summed E-state index contributed by atoms with van der Waals surface area (Å²) < 4.78 is 5.12. The monoisotopic (exact) mass is 794 g/mol. The van der Waals surface area contributed by atoms with Gasteiger partial charge < -0.3 is 9.47 Å². The molecule has 0 N–H and O–H groups in total. The average Bonchev–Trinajstić information content (AvgIpc) is 3.87. The van der Waals surface area contributed by atoms with Crippen molar-refractivity contribution in [3.63, 3.8) is 0 Å². The Balaban J connectivity index is 0.900. The summed E-state index contributed by atoms with van der Waals surface area (Å²) in [5.74, 6) is 0. The van der Waals surface area contributed by atoms with Gasteiger partial charge in [-0.2, -0.15) is 0 Å². The van der Waals surface area contributed by atoms with Crippen LogP contribution >= 0.6 is 11.3 Å². The van der Waals surface area contributed by atoms with Gasteiger partial charge in [0.25, 0.3) is 0 Å². The third kappa shape index (κ3) is 6.09. The van der Waals surface area contributed by atoms with Crippen LogP contribution in [-0.4, -0.2) is 4.57 Å². The minimum Gasteiger partial charge on any atom is -0.311 e. The van der Waals surface area contributed by atoms with E-state index in [1.807, 2.05) is 11.3 Å². The molecule has 0 bridgehead atoms. The van der Waals surface area contributed by atoms with Gasteiger partial charge in [-0.05, 0) is 118 Å². The molecule has 0 saturated heterocycles. The van der Waals surface area contributed by atoms with Gasteiger partial charge in [-0.3, -0.25) is 0 Å². The second-order valence-corrected chi connectivity index (χ2v) is 16.8. The zero-order valence-corrected chi connectivity index (χ0v) is 34.1. The van der Waals surface area contributed by atoms with Crippen LogP contribution < -0.4 is 4.90 Å². The summed E-state index contributed by atoms with van der Waals surface area (Å²) in [5.41, 5.74) is 14.2. The Kier molecular flexibility index (Phi) is 8.39. The molecule has 286 valence electrons. The van der Waals surface area contributed by atoms with Gasteiger partial charge in [-0.15, -0.1) is 11.3 Å². The van der Waals surface area contributed by atoms with Crippen LogP contribution in [0.4, 0.5) is 17.1 Å². The van der Waals surface area contributed by atoms with Gasteiger partial charge in [0.1, 0.15) is 0 Å². The van der Waals surface area contributed by atoms with Gasteiger partial charge in [0.2, 0.25) is 0 Å². The highest BCUT2D eigenvalue weighted by Crippen LogP contribution is 2.43. The summed E-state index contributed by atoms with van der Waals surface area (Å²) in [5, 5.41) is 7.71. The molecule has 0 aliphatic heterocycles. The Labute approximate surface area is 358 Å². The van der Waals surface area contributed by atoms with E-state index in [0.29, 0.717) is 0 Å². The van der Waals surface area contributed by atoms with Crippen LogP contribution in [-0.2, 0) is 0 Å². The number of thiophene rings is 1. The van der Waals surface area contributed by atoms with Crippen LogP contribution in [0.3, 0.4) is 0 Å². The highest BCUT2D eigenvalue weighted by atomic mass is 32.1. The van der Waals surface area contributed by atoms with E-state index < -0.39 is 0 Å². The van der Waals surface area contributed by atoms with E-state index in [2.05, 4.69) is 240 Å². The number of aromatic nitrogens is 1. The summed E-state index contributed by atoms with van der Waals surface area (Å²) in [4.78, 5) is 2.32. The third-order valence-electron chi connectivity index (χ3n) is 12.2. The van der Waals surface area contributed by atoms with E-state index in [4.69, 9.17) is 0 Å². The number of hydrogen-bond donors (Lipinski definition) is 0. The molecule has 0 unspecified atom stereocenters. The number of para-hydroxylation sites is 2. The number of fused-ring (bicyclic) bond motifs is 8. The quantitative estimate of drug-likeness (QED) is 0.156. The molecular formula is C58H38N2S. The van der Waals surface area contributed by atoms with E-state index in [1.54, 1.807) is 0 Å². The van der Waals surface area contributed by atoms with Crippen LogP contribution in [0.5, 0.6) is 0 Å². The van der Waals surface area contributed by atoms with Crippen LogP contribution in [0.1, 0.15) is 0 Å². The van der Waals surface area contributed by atoms with Gasteiger partial charge in [0, 0.05) is 59.1 Å². The molecule has 0 atom stereocenters. The fraction of sp³-hybridized carbons (Fsp3) is 0. The highest BCUT2D eigenvalue weighted by molar-refractivity contribution is 7.25. The minimum absolute atomic E-state index is 1.11. The Bertz CT molecular complexity index is 3530. The smallest absolute Gasteiger partial charge is 0.0619 e. The summed E-state index contributed by atoms with van der Waals surface area (Å²) >= 11 is 1.88. The zero-order valence-electron chi connectivity index (χ0n) is 33.2. The molecule has 10 aromatic carbocycles. The lowest BCUT2D eigenvalue weighted by Crippen LogP contribution is -2.09. The molecule has 0 saturated carbocycles. The van der Waals surface area contributed by atoms with Crippen molar-refractivity contribution in [2.45, 2.75) is 0 Å². The van der Waals surface area contributed by atoms with Crippen molar-refractivity contribution in [1.29, 1.82) is 0 Å². The molecule has 61 heavy (non-hydrogen) atoms. The van der Waals surface area contributed by atoms with Crippen LogP contribution in [0, 0.1) is 0 Å². The fourth-order valence-electron chi connectivity index (χ4n) is 9.19. The molecule has 0 aliphatic carbocycles. The van der Waals surface area contributed by atoms with Gasteiger partial charge in [0.05, 0.1) is 11.0 Å². The molecule has 0 fully saturated rings. The van der Waals surface area contributed by atoms with Crippen molar-refractivity contribution in [3.8, 4) is 39.1 Å². The minimum atomic E-state index is 1.11. The van der Waals surface area contributed by atoms with Gasteiger partial charge in [-0.25, -0.2) is 0 Å². The van der Waals surface area contributed by atoms with E-state index in [-0.39, 0.29) is 0 Å². The third-order valence-corrected chi connectivity index (χ3v) is 13.3. The molecule has 0 spiro atoms. The summed E-state index contributed by atoms with van der Waals surface area (Å²) in [7, 11) is 0. The predicted molar refractivity (Wildman–Crippen MR) is 262 cm³/mol.